The Hall–Kier alpha value is -2.29. The Morgan fingerprint density at radius 2 is 1.80 bits per heavy atom. The summed E-state index contributed by atoms with van der Waals surface area (Å²) in [6.07, 6.45) is 5.62. The molecule has 3 saturated heterocycles. The van der Waals surface area contributed by atoms with Gasteiger partial charge in [0, 0.05) is 55.2 Å². The number of nitrogens with one attached hydrogen (secondary N) is 2. The van der Waals surface area contributed by atoms with E-state index in [4.69, 9.17) is 5.10 Å². The lowest BCUT2D eigenvalue weighted by molar-refractivity contribution is -0.116. The number of likely N-dealkylation sites (tertiary alicyclic amines) is 1. The van der Waals surface area contributed by atoms with E-state index in [9.17, 15) is 9.59 Å². The summed E-state index contributed by atoms with van der Waals surface area (Å²) in [6, 6.07) is 9.99. The highest BCUT2D eigenvalue weighted by molar-refractivity contribution is 6.05. The molecule has 2 bridgehead atoms. The Balaban J connectivity index is 1.15. The molecule has 35 heavy (non-hydrogen) atoms. The number of nitrogens with zero attached hydrogens (tertiary/aromatic N) is 4. The van der Waals surface area contributed by atoms with Crippen molar-refractivity contribution in [3.8, 4) is 0 Å². The van der Waals surface area contributed by atoms with Crippen LogP contribution in [0, 0.1) is 0 Å². The van der Waals surface area contributed by atoms with E-state index in [1.54, 1.807) is 6.92 Å². The van der Waals surface area contributed by atoms with Gasteiger partial charge in [-0.05, 0) is 65.5 Å². The number of carbonyl (C=O) groups is 2. The SMILES string of the molecule is CC(=O)CNC1CCN(CCN2C3CCC2CC(NC(=O)c2nn(C(C)C)c4ccccc24)C3)C1. The first-order chi connectivity index (χ1) is 16.9. The number of ketones is 1. The number of carbonyl (C=O) groups excluding carboxylic acids is 2. The number of fused-ring (bicyclic) bond motifs is 3. The second kappa shape index (κ2) is 10.4. The van der Waals surface area contributed by atoms with Crippen molar-refractivity contribution in [1.82, 2.24) is 30.2 Å². The molecule has 0 radical (unpaired) electrons. The van der Waals surface area contributed by atoms with Crippen LogP contribution in [0.1, 0.15) is 69.4 Å². The van der Waals surface area contributed by atoms with Crippen molar-refractivity contribution < 1.29 is 9.59 Å². The molecule has 190 valence electrons. The highest BCUT2D eigenvalue weighted by Crippen LogP contribution is 2.36. The standard InChI is InChI=1S/C27H40N6O2/c1-18(2)33-25-7-5-4-6-24(25)26(30-33)27(35)29-21-14-22-8-9-23(15-21)32(22)13-12-31-11-10-20(17-31)28-16-19(3)34/h4-7,18,20-23,28H,8-17H2,1-3H3,(H,29,35). The molecule has 0 spiro atoms. The minimum absolute atomic E-state index is 0.0420. The molecule has 3 aliphatic rings. The zero-order chi connectivity index (χ0) is 24.5. The first-order valence-corrected chi connectivity index (χ1v) is 13.4. The summed E-state index contributed by atoms with van der Waals surface area (Å²) in [7, 11) is 0. The minimum Gasteiger partial charge on any atom is -0.348 e. The van der Waals surface area contributed by atoms with Crippen LogP contribution in [0.3, 0.4) is 0 Å². The summed E-state index contributed by atoms with van der Waals surface area (Å²) in [6.45, 7) is 10.6. The minimum atomic E-state index is -0.0420. The molecule has 5 rings (SSSR count). The monoisotopic (exact) mass is 480 g/mol. The van der Waals surface area contributed by atoms with Crippen LogP contribution in [-0.2, 0) is 4.79 Å². The maximum atomic E-state index is 13.3. The van der Waals surface area contributed by atoms with Crippen LogP contribution >= 0.6 is 0 Å². The van der Waals surface area contributed by atoms with Gasteiger partial charge in [-0.15, -0.1) is 0 Å². The van der Waals surface area contributed by atoms with Crippen molar-refractivity contribution in [1.29, 1.82) is 0 Å². The Kier molecular flexibility index (Phi) is 7.23. The molecule has 3 atom stereocenters. The number of rotatable bonds is 9. The summed E-state index contributed by atoms with van der Waals surface area (Å²) in [5, 5.41) is 12.3. The van der Waals surface area contributed by atoms with E-state index in [0.717, 1.165) is 56.3 Å². The lowest BCUT2D eigenvalue weighted by Gasteiger charge is -2.39. The van der Waals surface area contributed by atoms with E-state index in [1.165, 1.54) is 12.8 Å². The van der Waals surface area contributed by atoms with Gasteiger partial charge < -0.3 is 15.5 Å². The molecule has 1 amide bonds. The maximum Gasteiger partial charge on any atom is 0.272 e. The van der Waals surface area contributed by atoms with Gasteiger partial charge in [-0.2, -0.15) is 5.10 Å². The van der Waals surface area contributed by atoms with Crippen LogP contribution in [0.5, 0.6) is 0 Å². The van der Waals surface area contributed by atoms with Gasteiger partial charge in [0.1, 0.15) is 5.78 Å². The fraction of sp³-hybridized carbons (Fsp3) is 0.667. The number of benzene rings is 1. The lowest BCUT2D eigenvalue weighted by Crippen LogP contribution is -2.52. The number of hydrogen-bond acceptors (Lipinski definition) is 6. The highest BCUT2D eigenvalue weighted by atomic mass is 16.2. The third-order valence-electron chi connectivity index (χ3n) is 8.12. The van der Waals surface area contributed by atoms with Gasteiger partial charge in [0.05, 0.1) is 12.1 Å². The molecule has 1 aromatic heterocycles. The predicted octanol–water partition coefficient (Wildman–Crippen LogP) is 2.60. The number of hydrogen-bond donors (Lipinski definition) is 2. The van der Waals surface area contributed by atoms with Gasteiger partial charge in [-0.25, -0.2) is 0 Å². The van der Waals surface area contributed by atoms with Crippen molar-refractivity contribution in [3.05, 3.63) is 30.0 Å². The third-order valence-corrected chi connectivity index (χ3v) is 8.12. The van der Waals surface area contributed by atoms with E-state index in [-0.39, 0.29) is 23.8 Å². The van der Waals surface area contributed by atoms with Crippen LogP contribution in [0.15, 0.2) is 24.3 Å². The van der Waals surface area contributed by atoms with Crippen molar-refractivity contribution in [2.75, 3.05) is 32.7 Å². The molecule has 8 nitrogen and oxygen atoms in total. The van der Waals surface area contributed by atoms with Gasteiger partial charge in [-0.1, -0.05) is 18.2 Å². The second-order valence-electron chi connectivity index (χ2n) is 11.0. The van der Waals surface area contributed by atoms with Crippen LogP contribution in [0.4, 0.5) is 0 Å². The van der Waals surface area contributed by atoms with Crippen LogP contribution in [-0.4, -0.2) is 88.2 Å². The zero-order valence-electron chi connectivity index (χ0n) is 21.4. The Morgan fingerprint density at radius 1 is 1.06 bits per heavy atom. The van der Waals surface area contributed by atoms with E-state index in [2.05, 4.69) is 34.3 Å². The molecule has 0 saturated carbocycles. The number of piperidine rings is 1. The molecule has 4 heterocycles. The Labute approximate surface area is 208 Å². The highest BCUT2D eigenvalue weighted by Gasteiger charge is 2.41. The lowest BCUT2D eigenvalue weighted by atomic mass is 9.97. The van der Waals surface area contributed by atoms with E-state index >= 15 is 0 Å². The number of Topliss-reactive ketones (excluding diaryl/α,β-unsaturated/α-hetero) is 1. The molecule has 0 aliphatic carbocycles. The van der Waals surface area contributed by atoms with E-state index in [1.807, 2.05) is 28.9 Å². The van der Waals surface area contributed by atoms with Crippen molar-refractivity contribution in [2.24, 2.45) is 0 Å². The second-order valence-corrected chi connectivity index (χ2v) is 11.0. The molecule has 2 aromatic rings. The normalized spacial score (nSPS) is 27.2. The fourth-order valence-corrected chi connectivity index (χ4v) is 6.41. The molecule has 3 unspecified atom stereocenters. The average Bonchev–Trinajstić information content (AvgIpc) is 3.50. The fourth-order valence-electron chi connectivity index (χ4n) is 6.41. The first kappa shape index (κ1) is 24.4. The maximum absolute atomic E-state index is 13.3. The van der Waals surface area contributed by atoms with Gasteiger partial charge in [0.2, 0.25) is 0 Å². The number of amides is 1. The molecule has 3 fully saturated rings. The number of para-hydroxylation sites is 1. The van der Waals surface area contributed by atoms with E-state index in [0.29, 0.717) is 30.4 Å². The smallest absolute Gasteiger partial charge is 0.272 e. The largest absolute Gasteiger partial charge is 0.348 e. The summed E-state index contributed by atoms with van der Waals surface area (Å²) >= 11 is 0. The molecular formula is C27H40N6O2. The molecule has 2 N–H and O–H groups in total. The quantitative estimate of drug-likeness (QED) is 0.574. The van der Waals surface area contributed by atoms with Crippen LogP contribution in [0.25, 0.3) is 10.9 Å². The van der Waals surface area contributed by atoms with Crippen LogP contribution in [0.2, 0.25) is 0 Å². The Morgan fingerprint density at radius 3 is 2.51 bits per heavy atom. The molecule has 3 aliphatic heterocycles. The van der Waals surface area contributed by atoms with Crippen molar-refractivity contribution in [2.45, 2.75) is 83.1 Å². The van der Waals surface area contributed by atoms with Gasteiger partial charge in [-0.3, -0.25) is 19.2 Å². The molecular weight excluding hydrogens is 440 g/mol. The summed E-state index contributed by atoms with van der Waals surface area (Å²) in [5.41, 5.74) is 1.56. The zero-order valence-corrected chi connectivity index (χ0v) is 21.4. The first-order valence-electron chi connectivity index (χ1n) is 13.4. The summed E-state index contributed by atoms with van der Waals surface area (Å²) < 4.78 is 1.95. The van der Waals surface area contributed by atoms with Crippen molar-refractivity contribution in [3.63, 3.8) is 0 Å². The topological polar surface area (TPSA) is 82.5 Å². The van der Waals surface area contributed by atoms with Gasteiger partial charge in [0.15, 0.2) is 5.69 Å². The predicted molar refractivity (Wildman–Crippen MR) is 138 cm³/mol. The Bertz CT molecular complexity index is 1050. The van der Waals surface area contributed by atoms with Crippen LogP contribution < -0.4 is 10.6 Å². The number of aromatic nitrogens is 2. The third kappa shape index (κ3) is 5.29. The summed E-state index contributed by atoms with van der Waals surface area (Å²) in [5.74, 6) is 0.163. The average molecular weight is 481 g/mol. The van der Waals surface area contributed by atoms with E-state index < -0.39 is 0 Å². The summed E-state index contributed by atoms with van der Waals surface area (Å²) in [4.78, 5) is 29.7. The van der Waals surface area contributed by atoms with Gasteiger partial charge in [0.25, 0.3) is 5.91 Å². The van der Waals surface area contributed by atoms with Gasteiger partial charge >= 0.3 is 0 Å². The van der Waals surface area contributed by atoms with Crippen molar-refractivity contribution >= 4 is 22.6 Å². The molecule has 1 aromatic carbocycles. The molecule has 8 heteroatoms.